The van der Waals surface area contributed by atoms with Crippen molar-refractivity contribution in [2.45, 2.75) is 20.0 Å². The third-order valence-electron chi connectivity index (χ3n) is 2.51. The maximum atomic E-state index is 11.8. The molecule has 0 saturated carbocycles. The fourth-order valence-corrected chi connectivity index (χ4v) is 1.91. The quantitative estimate of drug-likeness (QED) is 0.780. The summed E-state index contributed by atoms with van der Waals surface area (Å²) in [5.74, 6) is 0.508. The molecule has 0 aliphatic carbocycles. The van der Waals surface area contributed by atoms with Gasteiger partial charge in [0.15, 0.2) is 0 Å². The molecule has 2 aromatic rings. The van der Waals surface area contributed by atoms with Crippen molar-refractivity contribution in [2.75, 3.05) is 11.1 Å². The number of aromatic amines is 1. The highest BCUT2D eigenvalue weighted by Crippen LogP contribution is 2.18. The van der Waals surface area contributed by atoms with Crippen molar-refractivity contribution in [3.8, 4) is 0 Å². The Balaban J connectivity index is 2.18. The number of anilines is 2. The second kappa shape index (κ2) is 5.21. The Kier molecular flexibility index (Phi) is 3.66. The number of nitrogens with zero attached hydrogens (tertiary/aromatic N) is 3. The highest BCUT2D eigenvalue weighted by molar-refractivity contribution is 9.10. The van der Waals surface area contributed by atoms with Crippen LogP contribution < -0.4 is 16.6 Å². The number of aromatic nitrogens is 4. The molecule has 18 heavy (non-hydrogen) atoms. The molecule has 0 radical (unpaired) electrons. The fourth-order valence-electron chi connectivity index (χ4n) is 1.47. The van der Waals surface area contributed by atoms with Gasteiger partial charge in [-0.2, -0.15) is 10.2 Å². The van der Waals surface area contributed by atoms with Gasteiger partial charge in [0.1, 0.15) is 10.3 Å². The Morgan fingerprint density at radius 1 is 1.56 bits per heavy atom. The Morgan fingerprint density at radius 2 is 2.33 bits per heavy atom. The predicted molar refractivity (Wildman–Crippen MR) is 72.2 cm³/mol. The van der Waals surface area contributed by atoms with Gasteiger partial charge in [0.25, 0.3) is 5.56 Å². The summed E-state index contributed by atoms with van der Waals surface area (Å²) in [6.07, 6.45) is 3.24. The summed E-state index contributed by atoms with van der Waals surface area (Å²) in [5, 5.41) is 13.6. The molecule has 0 atom stereocenters. The number of nitrogens with two attached hydrogens (primary N) is 1. The van der Waals surface area contributed by atoms with Crippen molar-refractivity contribution in [3.05, 3.63) is 32.8 Å². The van der Waals surface area contributed by atoms with Gasteiger partial charge in [0.05, 0.1) is 18.1 Å². The van der Waals surface area contributed by atoms with Crippen LogP contribution in [0.3, 0.4) is 0 Å². The predicted octanol–water partition coefficient (Wildman–Crippen LogP) is 0.943. The molecular formula is C10H13BrN6O. The zero-order valence-corrected chi connectivity index (χ0v) is 11.4. The van der Waals surface area contributed by atoms with Gasteiger partial charge < -0.3 is 11.1 Å². The zero-order chi connectivity index (χ0) is 13.1. The Bertz CT molecular complexity index is 605. The van der Waals surface area contributed by atoms with Gasteiger partial charge >= 0.3 is 0 Å². The van der Waals surface area contributed by atoms with Gasteiger partial charge in [-0.1, -0.05) is 0 Å². The van der Waals surface area contributed by atoms with E-state index < -0.39 is 0 Å². The highest BCUT2D eigenvalue weighted by Gasteiger charge is 2.08. The molecular weight excluding hydrogens is 300 g/mol. The molecule has 0 unspecified atom stereocenters. The molecule has 0 aliphatic heterocycles. The number of halogens is 1. The van der Waals surface area contributed by atoms with E-state index in [4.69, 9.17) is 5.73 Å². The van der Waals surface area contributed by atoms with E-state index in [1.807, 2.05) is 6.92 Å². The first kappa shape index (κ1) is 12.6. The van der Waals surface area contributed by atoms with Crippen molar-refractivity contribution in [1.29, 1.82) is 0 Å². The van der Waals surface area contributed by atoms with Crippen molar-refractivity contribution in [1.82, 2.24) is 20.0 Å². The monoisotopic (exact) mass is 312 g/mol. The summed E-state index contributed by atoms with van der Waals surface area (Å²) in [5.41, 5.74) is 6.97. The third kappa shape index (κ3) is 2.37. The van der Waals surface area contributed by atoms with Crippen LogP contribution in [0.25, 0.3) is 0 Å². The first-order valence-electron chi connectivity index (χ1n) is 5.40. The lowest BCUT2D eigenvalue weighted by atomic mass is 10.3. The first-order chi connectivity index (χ1) is 8.63. The summed E-state index contributed by atoms with van der Waals surface area (Å²) < 4.78 is 1.84. The van der Waals surface area contributed by atoms with Crippen LogP contribution in [0.1, 0.15) is 12.5 Å². The largest absolute Gasteiger partial charge is 0.384 e. The van der Waals surface area contributed by atoms with E-state index in [2.05, 4.69) is 36.5 Å². The van der Waals surface area contributed by atoms with E-state index in [0.717, 1.165) is 5.56 Å². The van der Waals surface area contributed by atoms with Crippen LogP contribution >= 0.6 is 15.9 Å². The number of hydrogen-bond acceptors (Lipinski definition) is 5. The normalized spacial score (nSPS) is 10.6. The lowest BCUT2D eigenvalue weighted by Gasteiger charge is -2.08. The van der Waals surface area contributed by atoms with E-state index >= 15 is 0 Å². The minimum atomic E-state index is -0.164. The lowest BCUT2D eigenvalue weighted by molar-refractivity contribution is 0.613. The lowest BCUT2D eigenvalue weighted by Crippen LogP contribution is -2.23. The van der Waals surface area contributed by atoms with Crippen LogP contribution in [0.4, 0.5) is 11.5 Å². The second-order valence-electron chi connectivity index (χ2n) is 3.66. The summed E-state index contributed by atoms with van der Waals surface area (Å²) in [6, 6.07) is 0. The maximum absolute atomic E-state index is 11.8. The molecule has 0 amide bonds. The molecule has 0 aliphatic rings. The molecule has 0 saturated heterocycles. The molecule has 2 rings (SSSR count). The van der Waals surface area contributed by atoms with Gasteiger partial charge in [0, 0.05) is 18.7 Å². The average Bonchev–Trinajstić information content (AvgIpc) is 2.77. The van der Waals surface area contributed by atoms with Gasteiger partial charge in [-0.25, -0.2) is 4.68 Å². The van der Waals surface area contributed by atoms with Gasteiger partial charge in [-0.3, -0.25) is 9.89 Å². The van der Waals surface area contributed by atoms with Crippen molar-refractivity contribution in [3.63, 3.8) is 0 Å². The third-order valence-corrected chi connectivity index (χ3v) is 3.27. The molecule has 0 bridgehead atoms. The number of hydrogen-bond donors (Lipinski definition) is 3. The molecule has 7 nitrogen and oxygen atoms in total. The van der Waals surface area contributed by atoms with Crippen LogP contribution in [0.15, 0.2) is 21.7 Å². The second-order valence-corrected chi connectivity index (χ2v) is 4.45. The molecule has 4 N–H and O–H groups in total. The summed E-state index contributed by atoms with van der Waals surface area (Å²) in [7, 11) is 0. The van der Waals surface area contributed by atoms with Crippen LogP contribution in [-0.2, 0) is 13.1 Å². The average molecular weight is 313 g/mol. The number of nitrogen functional groups attached to an aromatic ring is 1. The highest BCUT2D eigenvalue weighted by atomic mass is 79.9. The Morgan fingerprint density at radius 3 is 2.94 bits per heavy atom. The number of H-pyrrole nitrogens is 1. The van der Waals surface area contributed by atoms with Gasteiger partial charge in [-0.05, 0) is 22.9 Å². The maximum Gasteiger partial charge on any atom is 0.283 e. The van der Waals surface area contributed by atoms with E-state index in [1.54, 1.807) is 12.4 Å². The molecule has 0 fully saturated rings. The van der Waals surface area contributed by atoms with E-state index in [1.165, 1.54) is 4.68 Å². The zero-order valence-electron chi connectivity index (χ0n) is 9.77. The Labute approximate surface area is 112 Å². The summed E-state index contributed by atoms with van der Waals surface area (Å²) in [4.78, 5) is 11.8. The smallest absolute Gasteiger partial charge is 0.283 e. The van der Waals surface area contributed by atoms with Gasteiger partial charge in [0.2, 0.25) is 0 Å². The standard InChI is InChI=1S/C10H13BrN6O/c1-2-17-10(18)8(11)7(5-15-17)13-3-6-4-14-16-9(6)12/h4-5,13H,2-3H2,1H3,(H3,12,14,16). The van der Waals surface area contributed by atoms with Crippen LogP contribution in [0.2, 0.25) is 0 Å². The number of aryl methyl sites for hydroxylation is 1. The fraction of sp³-hybridized carbons (Fsp3) is 0.300. The van der Waals surface area contributed by atoms with Crippen LogP contribution in [-0.4, -0.2) is 20.0 Å². The molecule has 96 valence electrons. The minimum absolute atomic E-state index is 0.164. The van der Waals surface area contributed by atoms with Crippen molar-refractivity contribution >= 4 is 27.4 Å². The summed E-state index contributed by atoms with van der Waals surface area (Å²) >= 11 is 3.26. The number of rotatable bonds is 4. The topological polar surface area (TPSA) is 102 Å². The molecule has 0 spiro atoms. The van der Waals surface area contributed by atoms with Gasteiger partial charge in [-0.15, -0.1) is 0 Å². The van der Waals surface area contributed by atoms with Crippen molar-refractivity contribution < 1.29 is 0 Å². The van der Waals surface area contributed by atoms with E-state index in [0.29, 0.717) is 29.1 Å². The summed E-state index contributed by atoms with van der Waals surface area (Å²) in [6.45, 7) is 2.87. The van der Waals surface area contributed by atoms with E-state index in [9.17, 15) is 4.79 Å². The molecule has 2 heterocycles. The van der Waals surface area contributed by atoms with Crippen LogP contribution in [0.5, 0.6) is 0 Å². The SMILES string of the molecule is CCn1ncc(NCc2cn[nH]c2N)c(Br)c1=O. The molecule has 2 aromatic heterocycles. The first-order valence-corrected chi connectivity index (χ1v) is 6.20. The molecule has 0 aromatic carbocycles. The Hall–Kier alpha value is -1.83. The van der Waals surface area contributed by atoms with Crippen molar-refractivity contribution in [2.24, 2.45) is 0 Å². The van der Waals surface area contributed by atoms with E-state index in [-0.39, 0.29) is 5.56 Å². The van der Waals surface area contributed by atoms with Crippen LogP contribution in [0, 0.1) is 0 Å². The number of nitrogens with one attached hydrogen (secondary N) is 2. The molecule has 8 heteroatoms. The minimum Gasteiger partial charge on any atom is -0.384 e.